The maximum Gasteiger partial charge on any atom is 0.211 e. The molecule has 6 heteroatoms. The molecule has 1 unspecified atom stereocenters. The molecule has 0 N–H and O–H groups in total. The van der Waals surface area contributed by atoms with Crippen molar-refractivity contribution in [2.24, 2.45) is 5.92 Å². The van der Waals surface area contributed by atoms with E-state index >= 15 is 0 Å². The van der Waals surface area contributed by atoms with E-state index in [2.05, 4.69) is 0 Å². The van der Waals surface area contributed by atoms with Gasteiger partial charge in [-0.2, -0.15) is 0 Å². The van der Waals surface area contributed by atoms with Crippen LogP contribution < -0.4 is 4.74 Å². The largest absolute Gasteiger partial charge is 0.497 e. The average molecular weight is 341 g/mol. The molecule has 25 heavy (non-hydrogen) atoms. The van der Waals surface area contributed by atoms with E-state index in [1.54, 1.807) is 54.6 Å². The number of rotatable bonds is 8. The molecule has 2 atom stereocenters. The van der Waals surface area contributed by atoms with Crippen molar-refractivity contribution < 1.29 is 19.2 Å². The summed E-state index contributed by atoms with van der Waals surface area (Å²) >= 11 is 0. The van der Waals surface area contributed by atoms with E-state index in [1.807, 2.05) is 0 Å². The fourth-order valence-corrected chi connectivity index (χ4v) is 2.85. The Hall–Kier alpha value is -3.02. The summed E-state index contributed by atoms with van der Waals surface area (Å²) in [6.45, 7) is 0.804. The summed E-state index contributed by atoms with van der Waals surface area (Å²) in [6.07, 6.45) is 0. The summed E-state index contributed by atoms with van der Waals surface area (Å²) in [7, 11) is 1.51. The molecule has 6 nitrogen and oxygen atoms in total. The van der Waals surface area contributed by atoms with Gasteiger partial charge in [0.2, 0.25) is 6.54 Å². The number of methoxy groups -OCH3 is 1. The van der Waals surface area contributed by atoms with E-state index in [0.717, 1.165) is 0 Å². The van der Waals surface area contributed by atoms with Crippen molar-refractivity contribution in [3.05, 3.63) is 75.8 Å². The first-order chi connectivity index (χ1) is 11.9. The number of nitrogens with zero attached hydrogens (tertiary/aromatic N) is 1. The molecular formula is C19H19NO5. The predicted octanol–water partition coefficient (Wildman–Crippen LogP) is 3.14. The van der Waals surface area contributed by atoms with E-state index in [4.69, 9.17) is 4.74 Å². The fourth-order valence-electron chi connectivity index (χ4n) is 2.85. The lowest BCUT2D eigenvalue weighted by atomic mass is 9.79. The molecule has 0 heterocycles. The lowest BCUT2D eigenvalue weighted by Gasteiger charge is -2.21. The minimum atomic E-state index is -1.11. The lowest BCUT2D eigenvalue weighted by Crippen LogP contribution is -2.32. The molecule has 0 aliphatic carbocycles. The van der Waals surface area contributed by atoms with Gasteiger partial charge in [-0.1, -0.05) is 30.3 Å². The van der Waals surface area contributed by atoms with Crippen molar-refractivity contribution in [2.75, 3.05) is 13.7 Å². The summed E-state index contributed by atoms with van der Waals surface area (Å²) in [5.74, 6) is -2.16. The van der Waals surface area contributed by atoms with Crippen molar-refractivity contribution in [3.8, 4) is 5.75 Å². The Balaban J connectivity index is 2.42. The highest BCUT2D eigenvalue weighted by Crippen LogP contribution is 2.29. The van der Waals surface area contributed by atoms with Crippen LogP contribution in [-0.4, -0.2) is 30.1 Å². The van der Waals surface area contributed by atoms with Gasteiger partial charge in [0.05, 0.1) is 18.9 Å². The Morgan fingerprint density at radius 3 is 2.16 bits per heavy atom. The molecule has 0 spiro atoms. The van der Waals surface area contributed by atoms with Gasteiger partial charge in [-0.15, -0.1) is 0 Å². The van der Waals surface area contributed by atoms with Crippen LogP contribution in [0.4, 0.5) is 0 Å². The van der Waals surface area contributed by atoms with E-state index in [-0.39, 0.29) is 0 Å². The molecule has 2 aromatic rings. The molecule has 0 fully saturated rings. The minimum absolute atomic E-state index is 0.324. The van der Waals surface area contributed by atoms with Crippen LogP contribution in [0.15, 0.2) is 54.6 Å². The Morgan fingerprint density at radius 1 is 1.08 bits per heavy atom. The number of Topliss-reactive ketones (excluding diaryl/α,β-unsaturated/α-hetero) is 2. The monoisotopic (exact) mass is 341 g/mol. The van der Waals surface area contributed by atoms with Gasteiger partial charge in [0.1, 0.15) is 11.5 Å². The third-order valence-electron chi connectivity index (χ3n) is 4.07. The number of ether oxygens (including phenoxy) is 1. The second-order valence-corrected chi connectivity index (χ2v) is 5.71. The first-order valence-electron chi connectivity index (χ1n) is 7.79. The van der Waals surface area contributed by atoms with Gasteiger partial charge in [0.25, 0.3) is 0 Å². The molecule has 2 rings (SSSR count). The Kier molecular flexibility index (Phi) is 6.00. The number of hydrogen-bond acceptors (Lipinski definition) is 5. The molecule has 0 saturated carbocycles. The Morgan fingerprint density at radius 2 is 1.68 bits per heavy atom. The van der Waals surface area contributed by atoms with E-state index < -0.39 is 34.9 Å². The Labute approximate surface area is 145 Å². The van der Waals surface area contributed by atoms with Crippen LogP contribution in [0.5, 0.6) is 5.75 Å². The topological polar surface area (TPSA) is 86.5 Å². The molecule has 0 aliphatic rings. The second kappa shape index (κ2) is 8.19. The molecule has 0 aromatic heterocycles. The van der Waals surface area contributed by atoms with Gasteiger partial charge in [0.15, 0.2) is 5.78 Å². The highest BCUT2D eigenvalue weighted by Gasteiger charge is 2.37. The van der Waals surface area contributed by atoms with Crippen LogP contribution in [0.3, 0.4) is 0 Å². The number of carbonyl (C=O) groups excluding carboxylic acids is 2. The minimum Gasteiger partial charge on any atom is -0.497 e. The maximum absolute atomic E-state index is 12.9. The van der Waals surface area contributed by atoms with Crippen molar-refractivity contribution in [1.29, 1.82) is 0 Å². The zero-order chi connectivity index (χ0) is 18.4. The number of carbonyl (C=O) groups is 2. The maximum atomic E-state index is 12.9. The Bertz CT molecular complexity index is 755. The summed E-state index contributed by atoms with van der Waals surface area (Å²) in [5.41, 5.74) is 0.923. The fraction of sp³-hybridized carbons (Fsp3) is 0.263. The van der Waals surface area contributed by atoms with Crippen LogP contribution in [0.1, 0.15) is 28.8 Å². The predicted molar refractivity (Wildman–Crippen MR) is 92.5 cm³/mol. The summed E-state index contributed by atoms with van der Waals surface area (Å²) < 4.78 is 5.06. The summed E-state index contributed by atoms with van der Waals surface area (Å²) in [4.78, 5) is 35.7. The lowest BCUT2D eigenvalue weighted by molar-refractivity contribution is -0.484. The first kappa shape index (κ1) is 18.3. The molecule has 130 valence electrons. The normalized spacial score (nSPS) is 12.9. The zero-order valence-electron chi connectivity index (χ0n) is 14.0. The zero-order valence-corrected chi connectivity index (χ0v) is 14.0. The number of nitro groups is 1. The summed E-state index contributed by atoms with van der Waals surface area (Å²) in [6, 6.07) is 15.0. The van der Waals surface area contributed by atoms with Crippen molar-refractivity contribution in [1.82, 2.24) is 0 Å². The smallest absolute Gasteiger partial charge is 0.211 e. The van der Waals surface area contributed by atoms with Gasteiger partial charge < -0.3 is 4.74 Å². The average Bonchev–Trinajstić information content (AvgIpc) is 2.61. The highest BCUT2D eigenvalue weighted by atomic mass is 16.6. The summed E-state index contributed by atoms with van der Waals surface area (Å²) in [5, 5.41) is 11.1. The number of benzene rings is 2. The third-order valence-corrected chi connectivity index (χ3v) is 4.07. The van der Waals surface area contributed by atoms with Gasteiger partial charge >= 0.3 is 0 Å². The van der Waals surface area contributed by atoms with Crippen molar-refractivity contribution in [2.45, 2.75) is 12.8 Å². The van der Waals surface area contributed by atoms with Crippen LogP contribution in [0.25, 0.3) is 0 Å². The first-order valence-corrected chi connectivity index (χ1v) is 7.79. The van der Waals surface area contributed by atoms with Gasteiger partial charge in [-0.3, -0.25) is 19.7 Å². The van der Waals surface area contributed by atoms with Crippen LogP contribution in [0, 0.1) is 16.0 Å². The molecule has 0 saturated heterocycles. The number of hydrogen-bond donors (Lipinski definition) is 0. The second-order valence-electron chi connectivity index (χ2n) is 5.71. The standard InChI is InChI=1S/C19H19NO5/c1-13(21)18(19(22)15-8-10-16(25-2)11-9-15)17(12-20(23)24)14-6-4-3-5-7-14/h3-11,17-18H,12H2,1-2H3/t17-,18?/m1/s1. The molecule has 2 aromatic carbocycles. The third kappa shape index (κ3) is 4.50. The molecule has 0 aliphatic heterocycles. The van der Waals surface area contributed by atoms with Crippen LogP contribution in [-0.2, 0) is 4.79 Å². The van der Waals surface area contributed by atoms with Gasteiger partial charge in [0, 0.05) is 10.5 Å². The van der Waals surface area contributed by atoms with Crippen molar-refractivity contribution in [3.63, 3.8) is 0 Å². The molecular weight excluding hydrogens is 322 g/mol. The van der Waals surface area contributed by atoms with E-state index in [0.29, 0.717) is 16.9 Å². The molecule has 0 amide bonds. The molecule has 0 radical (unpaired) electrons. The molecule has 0 bridgehead atoms. The number of ketones is 2. The quantitative estimate of drug-likeness (QED) is 0.319. The van der Waals surface area contributed by atoms with E-state index in [9.17, 15) is 19.7 Å². The van der Waals surface area contributed by atoms with Gasteiger partial charge in [-0.05, 0) is 36.8 Å². The van der Waals surface area contributed by atoms with Crippen LogP contribution in [0.2, 0.25) is 0 Å². The highest BCUT2D eigenvalue weighted by molar-refractivity contribution is 6.10. The van der Waals surface area contributed by atoms with Crippen LogP contribution >= 0.6 is 0 Å². The SMILES string of the molecule is COc1ccc(C(=O)C(C(C)=O)[C@H](C[N+](=O)[O-])c2ccccc2)cc1. The van der Waals surface area contributed by atoms with E-state index in [1.165, 1.54) is 14.0 Å². The van der Waals surface area contributed by atoms with Crippen molar-refractivity contribution >= 4 is 11.6 Å². The van der Waals surface area contributed by atoms with Gasteiger partial charge in [-0.25, -0.2) is 0 Å².